The minimum atomic E-state index is -1.84. The second-order valence-corrected chi connectivity index (χ2v) is 3.45. The maximum atomic E-state index is 11.4. The number of carboxylic acids is 1. The molecule has 2 saturated heterocycles. The Bertz CT molecular complexity index is 342. The van der Waals surface area contributed by atoms with Crippen molar-refractivity contribution in [2.45, 2.75) is 25.0 Å². The summed E-state index contributed by atoms with van der Waals surface area (Å²) in [5.74, 6) is -2.29. The summed E-state index contributed by atoms with van der Waals surface area (Å²) in [5.41, 5.74) is 0.774. The first-order chi connectivity index (χ1) is 7.06. The molecule has 82 valence electrons. The molecule has 0 spiro atoms. The third kappa shape index (κ3) is 1.35. The zero-order valence-corrected chi connectivity index (χ0v) is 7.86. The number of hydrogen-bond acceptors (Lipinski definition) is 5. The number of cyclic esters (lactones) is 1. The molecule has 0 saturated carbocycles. The van der Waals surface area contributed by atoms with Crippen molar-refractivity contribution >= 4 is 17.8 Å². The van der Waals surface area contributed by atoms with E-state index in [9.17, 15) is 14.4 Å². The Morgan fingerprint density at radius 3 is 2.60 bits per heavy atom. The normalized spacial score (nSPS) is 30.8. The molecule has 1 amide bonds. The van der Waals surface area contributed by atoms with Crippen LogP contribution in [0.15, 0.2) is 0 Å². The van der Waals surface area contributed by atoms with Crippen molar-refractivity contribution in [1.29, 1.82) is 0 Å². The van der Waals surface area contributed by atoms with Crippen molar-refractivity contribution in [3.8, 4) is 0 Å². The molecule has 0 bridgehead atoms. The number of nitrogens with one attached hydrogen (secondary N) is 1. The summed E-state index contributed by atoms with van der Waals surface area (Å²) in [6.45, 7) is 0.366. The highest BCUT2D eigenvalue weighted by atomic mass is 16.6. The van der Waals surface area contributed by atoms with E-state index in [1.807, 2.05) is 0 Å². The fraction of sp³-hybridized carbons (Fsp3) is 0.625. The highest BCUT2D eigenvalue weighted by Gasteiger charge is 2.55. The van der Waals surface area contributed by atoms with Crippen LogP contribution in [0.5, 0.6) is 0 Å². The van der Waals surface area contributed by atoms with Gasteiger partial charge in [-0.05, 0) is 0 Å². The van der Waals surface area contributed by atoms with E-state index in [1.165, 1.54) is 0 Å². The number of ether oxygens (including phenoxy) is 1. The minimum absolute atomic E-state index is 0.0117. The molecule has 7 nitrogen and oxygen atoms in total. The number of carboxylic acid groups (broad SMARTS) is 1. The minimum Gasteiger partial charge on any atom is -0.477 e. The van der Waals surface area contributed by atoms with Gasteiger partial charge in [-0.25, -0.2) is 15.2 Å². The van der Waals surface area contributed by atoms with Gasteiger partial charge in [0.1, 0.15) is 0 Å². The van der Waals surface area contributed by atoms with Gasteiger partial charge in [0.25, 0.3) is 5.72 Å². The van der Waals surface area contributed by atoms with E-state index in [-0.39, 0.29) is 25.2 Å². The number of aliphatic carboxylic acids is 1. The fourth-order valence-corrected chi connectivity index (χ4v) is 1.77. The zero-order chi connectivity index (χ0) is 11.1. The third-order valence-corrected chi connectivity index (χ3v) is 2.50. The van der Waals surface area contributed by atoms with E-state index in [0.717, 1.165) is 5.01 Å². The Kier molecular flexibility index (Phi) is 2.11. The van der Waals surface area contributed by atoms with Crippen molar-refractivity contribution in [1.82, 2.24) is 10.4 Å². The molecule has 1 atom stereocenters. The van der Waals surface area contributed by atoms with Crippen LogP contribution in [0.3, 0.4) is 0 Å². The highest BCUT2D eigenvalue weighted by molar-refractivity contribution is 5.90. The smallest absolute Gasteiger partial charge is 0.371 e. The number of hydrogen-bond donors (Lipinski definition) is 2. The molecule has 1 unspecified atom stereocenters. The summed E-state index contributed by atoms with van der Waals surface area (Å²) in [6, 6.07) is 0. The molecular formula is C8H10N2O5. The summed E-state index contributed by atoms with van der Waals surface area (Å²) in [5, 5.41) is 9.97. The molecule has 2 aliphatic heterocycles. The Labute approximate surface area is 85.0 Å². The van der Waals surface area contributed by atoms with E-state index < -0.39 is 17.7 Å². The third-order valence-electron chi connectivity index (χ3n) is 2.50. The highest BCUT2D eigenvalue weighted by Crippen LogP contribution is 2.31. The van der Waals surface area contributed by atoms with E-state index in [1.54, 1.807) is 0 Å². The molecule has 2 fully saturated rings. The molecule has 2 aliphatic rings. The predicted molar refractivity (Wildman–Crippen MR) is 45.2 cm³/mol. The summed E-state index contributed by atoms with van der Waals surface area (Å²) in [4.78, 5) is 33.5. The van der Waals surface area contributed by atoms with E-state index >= 15 is 0 Å². The first kappa shape index (κ1) is 9.91. The molecule has 0 aliphatic carbocycles. The average Bonchev–Trinajstić information content (AvgIpc) is 2.72. The molecular weight excluding hydrogens is 204 g/mol. The number of rotatable bonds is 2. The van der Waals surface area contributed by atoms with Crippen LogP contribution in [0.4, 0.5) is 0 Å². The number of hydrazine groups is 1. The van der Waals surface area contributed by atoms with Gasteiger partial charge in [-0.1, -0.05) is 0 Å². The van der Waals surface area contributed by atoms with Gasteiger partial charge in [-0.3, -0.25) is 9.59 Å². The zero-order valence-electron chi connectivity index (χ0n) is 7.86. The quantitative estimate of drug-likeness (QED) is 0.563. The van der Waals surface area contributed by atoms with E-state index in [0.29, 0.717) is 6.54 Å². The summed E-state index contributed by atoms with van der Waals surface area (Å²) in [6.07, 6.45) is 0.213. The van der Waals surface area contributed by atoms with Gasteiger partial charge in [0.2, 0.25) is 5.91 Å². The summed E-state index contributed by atoms with van der Waals surface area (Å²) >= 11 is 0. The van der Waals surface area contributed by atoms with Crippen LogP contribution in [0.1, 0.15) is 19.3 Å². The van der Waals surface area contributed by atoms with Crippen molar-refractivity contribution in [3.05, 3.63) is 0 Å². The topological polar surface area (TPSA) is 95.9 Å². The molecule has 0 radical (unpaired) electrons. The summed E-state index contributed by atoms with van der Waals surface area (Å²) in [7, 11) is 0. The molecule has 2 N–H and O–H groups in total. The second kappa shape index (κ2) is 3.20. The first-order valence-corrected chi connectivity index (χ1v) is 4.58. The summed E-state index contributed by atoms with van der Waals surface area (Å²) < 4.78 is 4.77. The lowest BCUT2D eigenvalue weighted by Crippen LogP contribution is -2.59. The van der Waals surface area contributed by atoms with E-state index in [4.69, 9.17) is 9.84 Å². The van der Waals surface area contributed by atoms with Gasteiger partial charge < -0.3 is 9.84 Å². The van der Waals surface area contributed by atoms with Crippen LogP contribution in [0, 0.1) is 0 Å². The number of carbonyl (C=O) groups is 3. The molecule has 7 heteroatoms. The van der Waals surface area contributed by atoms with Gasteiger partial charge in [-0.15, -0.1) is 0 Å². The molecule has 2 rings (SSSR count). The van der Waals surface area contributed by atoms with Crippen LogP contribution < -0.4 is 5.43 Å². The molecule has 0 aromatic carbocycles. The average molecular weight is 214 g/mol. The second-order valence-electron chi connectivity index (χ2n) is 3.45. The predicted octanol–water partition coefficient (Wildman–Crippen LogP) is -1.16. The molecule has 0 aromatic heterocycles. The van der Waals surface area contributed by atoms with Crippen LogP contribution in [-0.2, 0) is 19.1 Å². The maximum absolute atomic E-state index is 11.4. The van der Waals surface area contributed by atoms with Crippen molar-refractivity contribution in [2.24, 2.45) is 0 Å². The van der Waals surface area contributed by atoms with Crippen LogP contribution >= 0.6 is 0 Å². The Balaban J connectivity index is 2.30. The van der Waals surface area contributed by atoms with Gasteiger partial charge in [0, 0.05) is 19.4 Å². The number of nitrogens with zero attached hydrogens (tertiary/aromatic N) is 1. The van der Waals surface area contributed by atoms with E-state index in [2.05, 4.69) is 5.43 Å². The van der Waals surface area contributed by atoms with Gasteiger partial charge in [0.05, 0.1) is 6.42 Å². The van der Waals surface area contributed by atoms with Crippen LogP contribution in [-0.4, -0.2) is 40.2 Å². The Morgan fingerprint density at radius 2 is 2.20 bits per heavy atom. The van der Waals surface area contributed by atoms with Gasteiger partial charge >= 0.3 is 11.9 Å². The number of esters is 1. The lowest BCUT2D eigenvalue weighted by atomic mass is 10.1. The Hall–Kier alpha value is -1.63. The Morgan fingerprint density at radius 1 is 1.47 bits per heavy atom. The number of amides is 1. The monoisotopic (exact) mass is 214 g/mol. The first-order valence-electron chi connectivity index (χ1n) is 4.58. The van der Waals surface area contributed by atoms with Crippen molar-refractivity contribution < 1.29 is 24.2 Å². The van der Waals surface area contributed by atoms with Crippen LogP contribution in [0.2, 0.25) is 0 Å². The molecule has 0 aromatic rings. The standard InChI is InChI=1S/C8H10N2O5/c11-5-2-4-9-10(5)8(7(13)14)3-1-6(12)15-8/h9H,1-4H2,(H,13,14). The van der Waals surface area contributed by atoms with Gasteiger partial charge in [-0.2, -0.15) is 0 Å². The van der Waals surface area contributed by atoms with Crippen molar-refractivity contribution in [2.75, 3.05) is 6.54 Å². The fourth-order valence-electron chi connectivity index (χ4n) is 1.77. The van der Waals surface area contributed by atoms with Gasteiger partial charge in [0.15, 0.2) is 0 Å². The van der Waals surface area contributed by atoms with Crippen molar-refractivity contribution in [3.63, 3.8) is 0 Å². The number of carbonyl (C=O) groups excluding carboxylic acids is 2. The molecule has 15 heavy (non-hydrogen) atoms. The SMILES string of the molecule is O=C1CCC(C(=O)O)(N2NCCC2=O)O1. The molecule has 2 heterocycles. The lowest BCUT2D eigenvalue weighted by molar-refractivity contribution is -0.198. The largest absolute Gasteiger partial charge is 0.477 e. The maximum Gasteiger partial charge on any atom is 0.371 e. The van der Waals surface area contributed by atoms with Crippen LogP contribution in [0.25, 0.3) is 0 Å². The lowest BCUT2D eigenvalue weighted by Gasteiger charge is -2.31.